The summed E-state index contributed by atoms with van der Waals surface area (Å²) < 4.78 is 4.78. The number of carbonyl (C=O) groups excluding carboxylic acids is 4. The predicted octanol–water partition coefficient (Wildman–Crippen LogP) is 1.72. The van der Waals surface area contributed by atoms with Gasteiger partial charge < -0.3 is 9.64 Å². The van der Waals surface area contributed by atoms with E-state index in [1.165, 1.54) is 7.11 Å². The Morgan fingerprint density at radius 1 is 1.04 bits per heavy atom. The van der Waals surface area contributed by atoms with Crippen LogP contribution in [0.15, 0.2) is 24.3 Å². The number of piperidine rings is 1. The van der Waals surface area contributed by atoms with Gasteiger partial charge in [0.05, 0.1) is 24.2 Å². The molecule has 0 saturated carbocycles. The summed E-state index contributed by atoms with van der Waals surface area (Å²) in [4.78, 5) is 53.2. The van der Waals surface area contributed by atoms with Gasteiger partial charge in [0, 0.05) is 13.1 Å². The molecule has 3 rings (SSSR count). The number of likely N-dealkylation sites (tertiary alicyclic amines) is 1. The van der Waals surface area contributed by atoms with Gasteiger partial charge in [0.1, 0.15) is 6.04 Å². The fourth-order valence-corrected chi connectivity index (χ4v) is 3.84. The van der Waals surface area contributed by atoms with Crippen molar-refractivity contribution < 1.29 is 23.9 Å². The molecule has 1 aromatic carbocycles. The van der Waals surface area contributed by atoms with Gasteiger partial charge >= 0.3 is 5.97 Å². The molecule has 0 aliphatic carbocycles. The Bertz CT molecular complexity index is 745. The highest BCUT2D eigenvalue weighted by atomic mass is 16.5. The molecular formula is C20H24N2O5. The molecule has 27 heavy (non-hydrogen) atoms. The van der Waals surface area contributed by atoms with Gasteiger partial charge in [-0.2, -0.15) is 0 Å². The highest BCUT2D eigenvalue weighted by Gasteiger charge is 2.45. The molecule has 7 nitrogen and oxygen atoms in total. The average molecular weight is 372 g/mol. The summed E-state index contributed by atoms with van der Waals surface area (Å²) >= 11 is 0. The molecule has 2 heterocycles. The van der Waals surface area contributed by atoms with Gasteiger partial charge in [0.2, 0.25) is 5.91 Å². The van der Waals surface area contributed by atoms with Crippen LogP contribution in [0.25, 0.3) is 0 Å². The van der Waals surface area contributed by atoms with Crippen molar-refractivity contribution in [3.63, 3.8) is 0 Å². The number of amides is 3. The molecule has 1 atom stereocenters. The standard InChI is InChI=1S/C20H24N2O5/c1-12(2)16(19(25)21-10-8-13(9-11-21)20(26)27-3)22-17(23)14-6-4-5-7-15(14)18(22)24/h4-7,12-13,16H,8-11H2,1-3H3. The second kappa shape index (κ2) is 7.50. The van der Waals surface area contributed by atoms with Gasteiger partial charge in [-0.25, -0.2) is 0 Å². The minimum Gasteiger partial charge on any atom is -0.469 e. The topological polar surface area (TPSA) is 84.0 Å². The van der Waals surface area contributed by atoms with E-state index in [4.69, 9.17) is 4.74 Å². The quantitative estimate of drug-likeness (QED) is 0.594. The van der Waals surface area contributed by atoms with Gasteiger partial charge in [-0.1, -0.05) is 26.0 Å². The number of esters is 1. The van der Waals surface area contributed by atoms with Crippen LogP contribution in [0, 0.1) is 11.8 Å². The molecule has 144 valence electrons. The van der Waals surface area contributed by atoms with E-state index in [0.29, 0.717) is 37.1 Å². The first-order valence-corrected chi connectivity index (χ1v) is 9.20. The van der Waals surface area contributed by atoms with Crippen molar-refractivity contribution in [3.05, 3.63) is 35.4 Å². The largest absolute Gasteiger partial charge is 0.469 e. The Morgan fingerprint density at radius 2 is 1.56 bits per heavy atom. The van der Waals surface area contributed by atoms with Crippen LogP contribution in [-0.2, 0) is 14.3 Å². The lowest BCUT2D eigenvalue weighted by molar-refractivity contribution is -0.149. The maximum Gasteiger partial charge on any atom is 0.308 e. The Hall–Kier alpha value is -2.70. The van der Waals surface area contributed by atoms with Crippen LogP contribution in [-0.4, -0.2) is 59.7 Å². The minimum atomic E-state index is -0.855. The molecule has 0 N–H and O–H groups in total. The SMILES string of the molecule is COC(=O)C1CCN(C(=O)C(C(C)C)N2C(=O)c3ccccc3C2=O)CC1. The number of ether oxygens (including phenoxy) is 1. The highest BCUT2D eigenvalue weighted by molar-refractivity contribution is 6.22. The van der Waals surface area contributed by atoms with Crippen LogP contribution in [0.2, 0.25) is 0 Å². The van der Waals surface area contributed by atoms with E-state index in [0.717, 1.165) is 4.90 Å². The maximum absolute atomic E-state index is 13.2. The van der Waals surface area contributed by atoms with E-state index in [-0.39, 0.29) is 23.7 Å². The van der Waals surface area contributed by atoms with E-state index >= 15 is 0 Å². The number of nitrogens with zero attached hydrogens (tertiary/aromatic N) is 2. The second-order valence-electron chi connectivity index (χ2n) is 7.34. The van der Waals surface area contributed by atoms with Crippen molar-refractivity contribution in [3.8, 4) is 0 Å². The molecule has 1 aromatic rings. The molecule has 0 aromatic heterocycles. The average Bonchev–Trinajstić information content (AvgIpc) is 2.93. The zero-order valence-corrected chi connectivity index (χ0v) is 15.8. The molecule has 3 amide bonds. The summed E-state index contributed by atoms with van der Waals surface area (Å²) in [5.74, 6) is -1.79. The normalized spacial score (nSPS) is 18.7. The van der Waals surface area contributed by atoms with E-state index in [1.807, 2.05) is 13.8 Å². The summed E-state index contributed by atoms with van der Waals surface area (Å²) in [5, 5.41) is 0. The van der Waals surface area contributed by atoms with Crippen molar-refractivity contribution in [2.45, 2.75) is 32.7 Å². The van der Waals surface area contributed by atoms with Gasteiger partial charge in [0.25, 0.3) is 11.8 Å². The Kier molecular flexibility index (Phi) is 5.30. The van der Waals surface area contributed by atoms with Gasteiger partial charge in [-0.05, 0) is 30.9 Å². The molecule has 7 heteroatoms. The van der Waals surface area contributed by atoms with E-state index < -0.39 is 17.9 Å². The zero-order valence-electron chi connectivity index (χ0n) is 15.8. The van der Waals surface area contributed by atoms with Gasteiger partial charge in [0.15, 0.2) is 0 Å². The maximum atomic E-state index is 13.2. The van der Waals surface area contributed by atoms with Crippen molar-refractivity contribution in [2.75, 3.05) is 20.2 Å². The second-order valence-corrected chi connectivity index (χ2v) is 7.34. The monoisotopic (exact) mass is 372 g/mol. The number of hydrogen-bond donors (Lipinski definition) is 0. The number of fused-ring (bicyclic) bond motifs is 1. The molecule has 2 aliphatic heterocycles. The van der Waals surface area contributed by atoms with Crippen molar-refractivity contribution >= 4 is 23.7 Å². The smallest absolute Gasteiger partial charge is 0.308 e. The number of benzene rings is 1. The van der Waals surface area contributed by atoms with Crippen LogP contribution < -0.4 is 0 Å². The van der Waals surface area contributed by atoms with Crippen molar-refractivity contribution in [1.82, 2.24) is 9.80 Å². The molecule has 2 aliphatic rings. The van der Waals surface area contributed by atoms with E-state index in [1.54, 1.807) is 29.2 Å². The third-order valence-electron chi connectivity index (χ3n) is 5.33. The van der Waals surface area contributed by atoms with Crippen LogP contribution in [0.3, 0.4) is 0 Å². The Balaban J connectivity index is 1.79. The van der Waals surface area contributed by atoms with Crippen LogP contribution >= 0.6 is 0 Å². The van der Waals surface area contributed by atoms with Gasteiger partial charge in [-0.15, -0.1) is 0 Å². The summed E-state index contributed by atoms with van der Waals surface area (Å²) in [6.07, 6.45) is 1.04. The summed E-state index contributed by atoms with van der Waals surface area (Å²) in [7, 11) is 1.36. The number of imide groups is 1. The third kappa shape index (κ3) is 3.34. The van der Waals surface area contributed by atoms with Crippen molar-refractivity contribution in [2.24, 2.45) is 11.8 Å². The van der Waals surface area contributed by atoms with Gasteiger partial charge in [-0.3, -0.25) is 24.1 Å². The summed E-state index contributed by atoms with van der Waals surface area (Å²) in [6.45, 7) is 4.47. The lowest BCUT2D eigenvalue weighted by atomic mass is 9.94. The lowest BCUT2D eigenvalue weighted by Crippen LogP contribution is -2.55. The first-order chi connectivity index (χ1) is 12.9. The Labute approximate surface area is 158 Å². The van der Waals surface area contributed by atoms with Crippen LogP contribution in [0.1, 0.15) is 47.4 Å². The summed E-state index contributed by atoms with van der Waals surface area (Å²) in [5.41, 5.74) is 0.677. The minimum absolute atomic E-state index is 0.212. The predicted molar refractivity (Wildman–Crippen MR) is 96.9 cm³/mol. The fraction of sp³-hybridized carbons (Fsp3) is 0.500. The molecule has 1 fully saturated rings. The summed E-state index contributed by atoms with van der Waals surface area (Å²) in [6, 6.07) is 5.78. The highest BCUT2D eigenvalue weighted by Crippen LogP contribution is 2.29. The number of methoxy groups -OCH3 is 1. The zero-order chi connectivity index (χ0) is 19.7. The third-order valence-corrected chi connectivity index (χ3v) is 5.33. The first kappa shape index (κ1) is 19.1. The molecule has 0 bridgehead atoms. The molecule has 1 unspecified atom stereocenters. The van der Waals surface area contributed by atoms with Crippen molar-refractivity contribution in [1.29, 1.82) is 0 Å². The number of rotatable bonds is 4. The first-order valence-electron chi connectivity index (χ1n) is 9.20. The molecule has 0 spiro atoms. The van der Waals surface area contributed by atoms with E-state index in [9.17, 15) is 19.2 Å². The van der Waals surface area contributed by atoms with Crippen LogP contribution in [0.5, 0.6) is 0 Å². The Morgan fingerprint density at radius 3 is 2.00 bits per heavy atom. The molecule has 1 saturated heterocycles. The fourth-order valence-electron chi connectivity index (χ4n) is 3.84. The molecular weight excluding hydrogens is 348 g/mol. The van der Waals surface area contributed by atoms with Crippen LogP contribution in [0.4, 0.5) is 0 Å². The lowest BCUT2D eigenvalue weighted by Gasteiger charge is -2.36. The van der Waals surface area contributed by atoms with E-state index in [2.05, 4.69) is 0 Å². The number of hydrogen-bond acceptors (Lipinski definition) is 5. The number of carbonyl (C=O) groups is 4. The molecule has 0 radical (unpaired) electrons.